The average Bonchev–Trinajstić information content (AvgIpc) is 2.60. The number of carbonyl (C=O) groups is 1. The Kier molecular flexibility index (Phi) is 6.70. The molecule has 1 unspecified atom stereocenters. The fraction of sp³-hybridized carbons (Fsp3) is 0.526. The van der Waals surface area contributed by atoms with Crippen LogP contribution in [0.5, 0.6) is 0 Å². The Morgan fingerprint density at radius 3 is 2.56 bits per heavy atom. The number of amides is 1. The lowest BCUT2D eigenvalue weighted by molar-refractivity contribution is 0.0930. The second-order valence-corrected chi connectivity index (χ2v) is 6.82. The maximum absolute atomic E-state index is 12.8. The summed E-state index contributed by atoms with van der Waals surface area (Å²) in [5.74, 6) is -0.0242. The minimum Gasteiger partial charge on any atom is -0.347 e. The van der Waals surface area contributed by atoms with Crippen LogP contribution in [0.3, 0.4) is 0 Å². The van der Waals surface area contributed by atoms with Crippen molar-refractivity contribution in [3.8, 4) is 0 Å². The van der Waals surface area contributed by atoms with E-state index < -0.39 is 0 Å². The molecule has 1 heterocycles. The van der Waals surface area contributed by atoms with E-state index in [9.17, 15) is 9.59 Å². The average molecular weight is 344 g/mol. The molecule has 0 spiro atoms. The molecule has 3 N–H and O–H groups in total. The van der Waals surface area contributed by atoms with Crippen molar-refractivity contribution in [3.05, 3.63) is 40.3 Å². The summed E-state index contributed by atoms with van der Waals surface area (Å²) < 4.78 is 1.39. The molecule has 0 bridgehead atoms. The Bertz CT molecular complexity index is 783. The van der Waals surface area contributed by atoms with E-state index in [0.717, 1.165) is 19.3 Å². The first kappa shape index (κ1) is 19.1. The number of carbonyl (C=O) groups excluding carboxylic acids is 1. The van der Waals surface area contributed by atoms with Crippen molar-refractivity contribution < 1.29 is 4.79 Å². The van der Waals surface area contributed by atoms with Gasteiger partial charge in [0.2, 0.25) is 0 Å². The third kappa shape index (κ3) is 4.66. The zero-order valence-corrected chi connectivity index (χ0v) is 15.3. The van der Waals surface area contributed by atoms with Crippen molar-refractivity contribution in [2.75, 3.05) is 6.54 Å². The number of unbranched alkanes of at least 4 members (excludes halogenated alkanes) is 1. The Morgan fingerprint density at radius 2 is 1.96 bits per heavy atom. The third-order valence-electron chi connectivity index (χ3n) is 4.15. The lowest BCUT2D eigenvalue weighted by Crippen LogP contribution is -2.41. The van der Waals surface area contributed by atoms with Gasteiger partial charge in [-0.3, -0.25) is 9.59 Å². The predicted molar refractivity (Wildman–Crippen MR) is 101 cm³/mol. The fourth-order valence-electron chi connectivity index (χ4n) is 2.83. The molecular weight excluding hydrogens is 316 g/mol. The van der Waals surface area contributed by atoms with Gasteiger partial charge in [0.05, 0.1) is 5.39 Å². The fourth-order valence-corrected chi connectivity index (χ4v) is 2.83. The molecule has 1 atom stereocenters. The van der Waals surface area contributed by atoms with Crippen LogP contribution in [-0.4, -0.2) is 28.3 Å². The van der Waals surface area contributed by atoms with Crippen LogP contribution < -0.4 is 16.6 Å². The minimum absolute atomic E-state index is 0.0847. The summed E-state index contributed by atoms with van der Waals surface area (Å²) in [7, 11) is 0. The van der Waals surface area contributed by atoms with Crippen LogP contribution in [0, 0.1) is 5.92 Å². The minimum atomic E-state index is -0.278. The number of nitrogens with two attached hydrogens (primary N) is 1. The normalized spacial score (nSPS) is 12.5. The zero-order chi connectivity index (χ0) is 18.4. The largest absolute Gasteiger partial charge is 0.347 e. The summed E-state index contributed by atoms with van der Waals surface area (Å²) in [4.78, 5) is 25.4. The lowest BCUT2D eigenvalue weighted by atomic mass is 10.1. The van der Waals surface area contributed by atoms with Gasteiger partial charge in [-0.25, -0.2) is 4.68 Å². The molecule has 0 aliphatic carbocycles. The Hall–Kier alpha value is -2.21. The monoisotopic (exact) mass is 344 g/mol. The summed E-state index contributed by atoms with van der Waals surface area (Å²) >= 11 is 0. The molecule has 2 rings (SSSR count). The van der Waals surface area contributed by atoms with Crippen LogP contribution in [0.25, 0.3) is 10.8 Å². The van der Waals surface area contributed by atoms with E-state index in [2.05, 4.69) is 17.3 Å². The van der Waals surface area contributed by atoms with Crippen LogP contribution in [0.4, 0.5) is 0 Å². The molecule has 0 aliphatic rings. The molecule has 0 saturated heterocycles. The molecule has 1 aromatic heterocycles. The summed E-state index contributed by atoms with van der Waals surface area (Å²) in [5, 5.41) is 8.42. The van der Waals surface area contributed by atoms with E-state index in [1.165, 1.54) is 4.68 Å². The summed E-state index contributed by atoms with van der Waals surface area (Å²) in [6.45, 7) is 6.98. The van der Waals surface area contributed by atoms with E-state index in [1.807, 2.05) is 19.9 Å². The van der Waals surface area contributed by atoms with Crippen LogP contribution in [-0.2, 0) is 6.54 Å². The maximum Gasteiger partial charge on any atom is 0.274 e. The smallest absolute Gasteiger partial charge is 0.274 e. The van der Waals surface area contributed by atoms with Gasteiger partial charge in [0, 0.05) is 24.5 Å². The molecule has 1 amide bonds. The first-order valence-corrected chi connectivity index (χ1v) is 8.98. The van der Waals surface area contributed by atoms with Crippen molar-refractivity contribution >= 4 is 16.7 Å². The first-order valence-electron chi connectivity index (χ1n) is 8.98. The SMILES string of the molecule is CCCCC(CN)NC(=O)c1nn(CC(C)C)c(=O)c2ccccc12. The maximum atomic E-state index is 12.8. The molecule has 136 valence electrons. The third-order valence-corrected chi connectivity index (χ3v) is 4.15. The van der Waals surface area contributed by atoms with Crippen molar-refractivity contribution in [2.24, 2.45) is 11.7 Å². The molecule has 25 heavy (non-hydrogen) atoms. The highest BCUT2D eigenvalue weighted by Crippen LogP contribution is 2.14. The zero-order valence-electron chi connectivity index (χ0n) is 15.3. The van der Waals surface area contributed by atoms with Gasteiger partial charge < -0.3 is 11.1 Å². The van der Waals surface area contributed by atoms with Gasteiger partial charge in [0.25, 0.3) is 11.5 Å². The first-order chi connectivity index (χ1) is 12.0. The Labute approximate surface area is 148 Å². The van der Waals surface area contributed by atoms with Crippen LogP contribution in [0.15, 0.2) is 29.1 Å². The number of benzene rings is 1. The number of hydrogen-bond acceptors (Lipinski definition) is 4. The number of nitrogens with one attached hydrogen (secondary N) is 1. The molecular formula is C19H28N4O2. The molecule has 0 aliphatic heterocycles. The quantitative estimate of drug-likeness (QED) is 0.769. The number of rotatable bonds is 8. The predicted octanol–water partition coefficient (Wildman–Crippen LogP) is 2.30. The number of hydrogen-bond donors (Lipinski definition) is 2. The van der Waals surface area contributed by atoms with Gasteiger partial charge in [0.1, 0.15) is 0 Å². The van der Waals surface area contributed by atoms with Crippen molar-refractivity contribution in [1.29, 1.82) is 0 Å². The van der Waals surface area contributed by atoms with Gasteiger partial charge in [-0.1, -0.05) is 51.8 Å². The van der Waals surface area contributed by atoms with Gasteiger partial charge in [-0.2, -0.15) is 5.10 Å². The summed E-state index contributed by atoms with van der Waals surface area (Å²) in [5.41, 5.74) is 5.90. The van der Waals surface area contributed by atoms with Crippen molar-refractivity contribution in [2.45, 2.75) is 52.6 Å². The van der Waals surface area contributed by atoms with E-state index in [4.69, 9.17) is 5.73 Å². The van der Waals surface area contributed by atoms with Gasteiger partial charge >= 0.3 is 0 Å². The number of fused-ring (bicyclic) bond motifs is 1. The molecule has 6 nitrogen and oxygen atoms in total. The lowest BCUT2D eigenvalue weighted by Gasteiger charge is -2.17. The van der Waals surface area contributed by atoms with Gasteiger partial charge in [-0.05, 0) is 18.4 Å². The standard InChI is InChI=1S/C19H28N4O2/c1-4-5-8-14(11-20)21-18(24)17-15-9-6-7-10-16(15)19(25)23(22-17)12-13(2)3/h6-7,9-10,13-14H,4-5,8,11-12,20H2,1-3H3,(H,21,24). The van der Waals surface area contributed by atoms with Crippen LogP contribution in [0.2, 0.25) is 0 Å². The van der Waals surface area contributed by atoms with Crippen LogP contribution in [0.1, 0.15) is 50.5 Å². The highest BCUT2D eigenvalue weighted by atomic mass is 16.2. The molecule has 0 radical (unpaired) electrons. The topological polar surface area (TPSA) is 90.0 Å². The van der Waals surface area contributed by atoms with Gasteiger partial charge in [-0.15, -0.1) is 0 Å². The van der Waals surface area contributed by atoms with Crippen LogP contribution >= 0.6 is 0 Å². The molecule has 0 saturated carbocycles. The highest BCUT2D eigenvalue weighted by molar-refractivity contribution is 6.04. The van der Waals surface area contributed by atoms with E-state index in [-0.39, 0.29) is 29.1 Å². The van der Waals surface area contributed by atoms with E-state index in [1.54, 1.807) is 18.2 Å². The van der Waals surface area contributed by atoms with E-state index in [0.29, 0.717) is 23.9 Å². The number of nitrogens with zero attached hydrogens (tertiary/aromatic N) is 2. The molecule has 1 aromatic carbocycles. The second-order valence-electron chi connectivity index (χ2n) is 6.82. The second kappa shape index (κ2) is 8.76. The Balaban J connectivity index is 2.43. The molecule has 2 aromatic rings. The van der Waals surface area contributed by atoms with E-state index >= 15 is 0 Å². The number of aromatic nitrogens is 2. The van der Waals surface area contributed by atoms with Crippen molar-refractivity contribution in [3.63, 3.8) is 0 Å². The van der Waals surface area contributed by atoms with Gasteiger partial charge in [0.15, 0.2) is 5.69 Å². The molecule has 0 fully saturated rings. The summed E-state index contributed by atoms with van der Waals surface area (Å²) in [6.07, 6.45) is 2.89. The molecule has 6 heteroatoms. The summed E-state index contributed by atoms with van der Waals surface area (Å²) in [6, 6.07) is 7.03. The van der Waals surface area contributed by atoms with Crippen molar-refractivity contribution in [1.82, 2.24) is 15.1 Å². The highest BCUT2D eigenvalue weighted by Gasteiger charge is 2.19. The Morgan fingerprint density at radius 1 is 1.28 bits per heavy atom.